The van der Waals surface area contributed by atoms with E-state index in [4.69, 9.17) is 0 Å². The molecule has 6 nitrogen and oxygen atoms in total. The summed E-state index contributed by atoms with van der Waals surface area (Å²) in [5.74, 6) is -0.195. The molecule has 0 bridgehead atoms. The van der Waals surface area contributed by atoms with E-state index >= 15 is 0 Å². The number of hydrogen-bond donors (Lipinski definition) is 1. The van der Waals surface area contributed by atoms with Crippen molar-refractivity contribution in [3.05, 3.63) is 57.9 Å². The molecule has 0 spiro atoms. The van der Waals surface area contributed by atoms with Crippen LogP contribution in [-0.4, -0.2) is 36.7 Å². The second kappa shape index (κ2) is 8.35. The highest BCUT2D eigenvalue weighted by molar-refractivity contribution is 7.91. The summed E-state index contributed by atoms with van der Waals surface area (Å²) < 4.78 is 27.1. The van der Waals surface area contributed by atoms with E-state index in [1.807, 2.05) is 37.3 Å². The van der Waals surface area contributed by atoms with Gasteiger partial charge in [0.1, 0.15) is 14.1 Å². The fraction of sp³-hybridized carbons (Fsp3) is 0.300. The number of hydrogen-bond acceptors (Lipinski definition) is 6. The molecule has 4 rings (SSSR count). The van der Waals surface area contributed by atoms with Crippen molar-refractivity contribution < 1.29 is 13.2 Å². The summed E-state index contributed by atoms with van der Waals surface area (Å²) in [4.78, 5) is 18.5. The Balaban J connectivity index is 1.43. The molecule has 1 fully saturated rings. The van der Waals surface area contributed by atoms with E-state index in [2.05, 4.69) is 10.3 Å². The van der Waals surface area contributed by atoms with Crippen LogP contribution in [-0.2, 0) is 16.6 Å². The smallest absolute Gasteiger partial charge is 0.263 e. The van der Waals surface area contributed by atoms with Crippen molar-refractivity contribution in [3.63, 3.8) is 0 Å². The van der Waals surface area contributed by atoms with E-state index in [1.165, 1.54) is 27.0 Å². The third kappa shape index (κ3) is 4.28. The number of benzene rings is 1. The van der Waals surface area contributed by atoms with Crippen LogP contribution >= 0.6 is 22.7 Å². The van der Waals surface area contributed by atoms with Gasteiger partial charge in [0.15, 0.2) is 0 Å². The van der Waals surface area contributed by atoms with E-state index in [9.17, 15) is 13.2 Å². The van der Waals surface area contributed by atoms with Gasteiger partial charge in [-0.05, 0) is 31.9 Å². The minimum atomic E-state index is -3.41. The average molecular weight is 448 g/mol. The van der Waals surface area contributed by atoms with Crippen LogP contribution in [0.2, 0.25) is 0 Å². The Hall–Kier alpha value is -2.07. The van der Waals surface area contributed by atoms with E-state index in [-0.39, 0.29) is 12.5 Å². The highest BCUT2D eigenvalue weighted by atomic mass is 32.2. The molecule has 29 heavy (non-hydrogen) atoms. The Labute approximate surface area is 178 Å². The second-order valence-corrected chi connectivity index (χ2v) is 11.1. The molecule has 0 unspecified atom stereocenters. The Bertz CT molecular complexity index is 1110. The first-order valence-electron chi connectivity index (χ1n) is 9.35. The van der Waals surface area contributed by atoms with Crippen LogP contribution in [0.5, 0.6) is 0 Å². The average Bonchev–Trinajstić information content (AvgIpc) is 3.47. The number of rotatable bonds is 6. The Kier molecular flexibility index (Phi) is 5.82. The molecular formula is C20H21N3O3S3. The monoisotopic (exact) mass is 447 g/mol. The number of carbonyl (C=O) groups is 1. The van der Waals surface area contributed by atoms with Crippen LogP contribution in [0.4, 0.5) is 0 Å². The minimum Gasteiger partial charge on any atom is -0.346 e. The predicted octanol–water partition coefficient (Wildman–Crippen LogP) is 3.89. The lowest BCUT2D eigenvalue weighted by Crippen LogP contribution is -2.27. The number of aryl methyl sites for hydroxylation is 1. The highest BCUT2D eigenvalue weighted by Gasteiger charge is 2.28. The molecule has 0 atom stereocenters. The van der Waals surface area contributed by atoms with Crippen molar-refractivity contribution in [2.45, 2.75) is 30.5 Å². The quantitative estimate of drug-likeness (QED) is 0.622. The molecule has 1 N–H and O–H groups in total. The molecule has 1 saturated heterocycles. The largest absolute Gasteiger partial charge is 0.346 e. The van der Waals surface area contributed by atoms with Crippen LogP contribution in [0.3, 0.4) is 0 Å². The zero-order chi connectivity index (χ0) is 20.4. The van der Waals surface area contributed by atoms with Gasteiger partial charge in [0.05, 0.1) is 12.2 Å². The molecule has 0 saturated carbocycles. The van der Waals surface area contributed by atoms with Gasteiger partial charge in [-0.25, -0.2) is 13.4 Å². The van der Waals surface area contributed by atoms with Gasteiger partial charge in [0, 0.05) is 23.5 Å². The van der Waals surface area contributed by atoms with Crippen molar-refractivity contribution in [1.29, 1.82) is 0 Å². The van der Waals surface area contributed by atoms with E-state index in [0.717, 1.165) is 28.3 Å². The molecule has 2 aromatic heterocycles. The molecule has 0 aliphatic carbocycles. The number of thiophene rings is 1. The van der Waals surface area contributed by atoms with Crippen LogP contribution < -0.4 is 5.32 Å². The first-order valence-corrected chi connectivity index (χ1v) is 12.4. The van der Waals surface area contributed by atoms with Crippen LogP contribution in [0, 0.1) is 6.92 Å². The van der Waals surface area contributed by atoms with Gasteiger partial charge < -0.3 is 5.32 Å². The maximum atomic E-state index is 12.6. The minimum absolute atomic E-state index is 0.195. The summed E-state index contributed by atoms with van der Waals surface area (Å²) >= 11 is 2.57. The number of aromatic nitrogens is 1. The summed E-state index contributed by atoms with van der Waals surface area (Å²) in [6, 6.07) is 13.2. The molecule has 1 aromatic carbocycles. The predicted molar refractivity (Wildman–Crippen MR) is 116 cm³/mol. The topological polar surface area (TPSA) is 79.4 Å². The fourth-order valence-electron chi connectivity index (χ4n) is 3.21. The summed E-state index contributed by atoms with van der Waals surface area (Å²) in [5, 5.41) is 3.70. The molecule has 1 aliphatic rings. The molecule has 9 heteroatoms. The van der Waals surface area contributed by atoms with Gasteiger partial charge in [-0.1, -0.05) is 30.3 Å². The van der Waals surface area contributed by atoms with E-state index < -0.39 is 10.0 Å². The van der Waals surface area contributed by atoms with Crippen molar-refractivity contribution in [3.8, 4) is 10.6 Å². The lowest BCUT2D eigenvalue weighted by Gasteiger charge is -2.13. The molecule has 152 valence electrons. The Morgan fingerprint density at radius 1 is 1.10 bits per heavy atom. The van der Waals surface area contributed by atoms with Gasteiger partial charge in [-0.2, -0.15) is 4.31 Å². The zero-order valence-electron chi connectivity index (χ0n) is 15.9. The Morgan fingerprint density at radius 2 is 1.83 bits per heavy atom. The normalized spacial score (nSPS) is 14.9. The van der Waals surface area contributed by atoms with Crippen molar-refractivity contribution >= 4 is 38.6 Å². The van der Waals surface area contributed by atoms with Gasteiger partial charge >= 0.3 is 0 Å². The van der Waals surface area contributed by atoms with Gasteiger partial charge in [-0.15, -0.1) is 22.7 Å². The maximum absolute atomic E-state index is 12.6. The second-order valence-electron chi connectivity index (χ2n) is 6.81. The van der Waals surface area contributed by atoms with Crippen molar-refractivity contribution in [2.75, 3.05) is 13.1 Å². The number of sulfonamides is 1. The van der Waals surface area contributed by atoms with E-state index in [1.54, 1.807) is 12.1 Å². The van der Waals surface area contributed by atoms with Gasteiger partial charge in [-0.3, -0.25) is 4.79 Å². The van der Waals surface area contributed by atoms with Crippen LogP contribution in [0.25, 0.3) is 10.6 Å². The molecular weight excluding hydrogens is 426 g/mol. The molecule has 1 amide bonds. The zero-order valence-corrected chi connectivity index (χ0v) is 18.4. The third-order valence-electron chi connectivity index (χ3n) is 4.74. The number of nitrogens with zero attached hydrogens (tertiary/aromatic N) is 2. The first-order chi connectivity index (χ1) is 13.9. The molecule has 3 aromatic rings. The first kappa shape index (κ1) is 20.2. The molecule has 3 heterocycles. The summed E-state index contributed by atoms with van der Waals surface area (Å²) in [6.07, 6.45) is 1.82. The SMILES string of the molecule is Cc1nc(-c2ccccc2)sc1C(=O)NCc1ccc(S(=O)(=O)N2CCCC2)s1. The highest BCUT2D eigenvalue weighted by Crippen LogP contribution is 2.29. The summed E-state index contributed by atoms with van der Waals surface area (Å²) in [7, 11) is -3.41. The maximum Gasteiger partial charge on any atom is 0.263 e. The lowest BCUT2D eigenvalue weighted by atomic mass is 10.2. The van der Waals surface area contributed by atoms with Crippen LogP contribution in [0.15, 0.2) is 46.7 Å². The fourth-order valence-corrected chi connectivity index (χ4v) is 7.16. The van der Waals surface area contributed by atoms with E-state index in [0.29, 0.717) is 27.9 Å². The van der Waals surface area contributed by atoms with Gasteiger partial charge in [0.25, 0.3) is 15.9 Å². The summed E-state index contributed by atoms with van der Waals surface area (Å²) in [6.45, 7) is 3.28. The number of nitrogens with one attached hydrogen (secondary N) is 1. The number of carbonyl (C=O) groups excluding carboxylic acids is 1. The number of amides is 1. The standard InChI is InChI=1S/C20H21N3O3S3/c1-14-18(28-20(22-14)15-7-3-2-4-8-15)19(24)21-13-16-9-10-17(27-16)29(25,26)23-11-5-6-12-23/h2-4,7-10H,5-6,11-13H2,1H3,(H,21,24). The van der Waals surface area contributed by atoms with Gasteiger partial charge in [0.2, 0.25) is 0 Å². The van der Waals surface area contributed by atoms with Crippen LogP contribution in [0.1, 0.15) is 33.1 Å². The number of thiazole rings is 1. The lowest BCUT2D eigenvalue weighted by molar-refractivity contribution is 0.0954. The Morgan fingerprint density at radius 3 is 2.55 bits per heavy atom. The van der Waals surface area contributed by atoms with Crippen molar-refractivity contribution in [2.24, 2.45) is 0 Å². The van der Waals surface area contributed by atoms with Crippen molar-refractivity contribution in [1.82, 2.24) is 14.6 Å². The molecule has 1 aliphatic heterocycles. The summed E-state index contributed by atoms with van der Waals surface area (Å²) in [5.41, 5.74) is 1.67. The molecule has 0 radical (unpaired) electrons. The third-order valence-corrected chi connectivity index (χ3v) is 9.40.